The molecular weight excluding hydrogens is 316 g/mol. The second-order valence-electron chi connectivity index (χ2n) is 6.69. The van der Waals surface area contributed by atoms with E-state index in [1.54, 1.807) is 0 Å². The van der Waals surface area contributed by atoms with Gasteiger partial charge in [-0.05, 0) is 56.7 Å². The summed E-state index contributed by atoms with van der Waals surface area (Å²) in [7, 11) is 0. The van der Waals surface area contributed by atoms with Crippen LogP contribution in [0, 0.1) is 13.8 Å². The van der Waals surface area contributed by atoms with E-state index >= 15 is 0 Å². The maximum absolute atomic E-state index is 12.7. The van der Waals surface area contributed by atoms with Crippen LogP contribution in [-0.4, -0.2) is 34.2 Å². The number of amides is 2. The number of carbonyl (C=O) groups excluding carboxylic acids is 1. The van der Waals surface area contributed by atoms with Crippen molar-refractivity contribution in [2.45, 2.75) is 52.0 Å². The average molecular weight is 342 g/mol. The highest BCUT2D eigenvalue weighted by Gasteiger charge is 2.27. The number of rotatable bonds is 4. The van der Waals surface area contributed by atoms with Crippen LogP contribution >= 0.6 is 0 Å². The molecule has 0 radical (unpaired) electrons. The number of aromatic nitrogens is 2. The molecule has 1 N–H and O–H groups in total. The molecule has 1 atom stereocenters. The quantitative estimate of drug-likeness (QED) is 0.919. The molecule has 3 heterocycles. The molecule has 1 fully saturated rings. The number of carbonyl (C=O) groups is 1. The number of pyridine rings is 1. The van der Waals surface area contributed by atoms with E-state index in [4.69, 9.17) is 4.52 Å². The first-order valence-corrected chi connectivity index (χ1v) is 8.98. The van der Waals surface area contributed by atoms with E-state index < -0.39 is 0 Å². The minimum absolute atomic E-state index is 0.0000262. The van der Waals surface area contributed by atoms with Crippen LogP contribution in [0.25, 0.3) is 0 Å². The summed E-state index contributed by atoms with van der Waals surface area (Å²) in [5.74, 6) is 1.29. The molecule has 0 spiro atoms. The van der Waals surface area contributed by atoms with Crippen molar-refractivity contribution in [1.29, 1.82) is 0 Å². The second kappa shape index (κ2) is 7.68. The lowest BCUT2D eigenvalue weighted by molar-refractivity contribution is 0.177. The summed E-state index contributed by atoms with van der Waals surface area (Å²) in [5.41, 5.74) is 3.17. The molecule has 0 aliphatic carbocycles. The lowest BCUT2D eigenvalue weighted by Crippen LogP contribution is -2.45. The Labute approximate surface area is 148 Å². The van der Waals surface area contributed by atoms with Gasteiger partial charge in [-0.3, -0.25) is 4.98 Å². The van der Waals surface area contributed by atoms with Gasteiger partial charge in [0.2, 0.25) is 0 Å². The van der Waals surface area contributed by atoms with E-state index in [1.807, 2.05) is 31.1 Å². The van der Waals surface area contributed by atoms with E-state index in [-0.39, 0.29) is 12.1 Å². The highest BCUT2D eigenvalue weighted by atomic mass is 16.5. The third kappa shape index (κ3) is 3.83. The molecule has 1 aliphatic heterocycles. The van der Waals surface area contributed by atoms with Gasteiger partial charge in [-0.2, -0.15) is 0 Å². The Morgan fingerprint density at radius 1 is 1.32 bits per heavy atom. The van der Waals surface area contributed by atoms with E-state index in [2.05, 4.69) is 34.5 Å². The predicted octanol–water partition coefficient (Wildman–Crippen LogP) is 3.73. The predicted molar refractivity (Wildman–Crippen MR) is 95.3 cm³/mol. The molecule has 6 heteroatoms. The van der Waals surface area contributed by atoms with Gasteiger partial charge in [0, 0.05) is 31.0 Å². The minimum Gasteiger partial charge on any atom is -0.361 e. The third-order valence-corrected chi connectivity index (χ3v) is 5.10. The number of nitrogens with one attached hydrogen (secondary N) is 1. The molecular formula is C19H26N4O2. The van der Waals surface area contributed by atoms with Gasteiger partial charge < -0.3 is 14.7 Å². The summed E-state index contributed by atoms with van der Waals surface area (Å²) in [6.07, 6.45) is 6.45. The van der Waals surface area contributed by atoms with E-state index in [0.717, 1.165) is 49.4 Å². The van der Waals surface area contributed by atoms with Crippen molar-refractivity contribution in [2.24, 2.45) is 0 Å². The average Bonchev–Trinajstić information content (AvgIpc) is 2.99. The molecule has 0 aromatic carbocycles. The first-order chi connectivity index (χ1) is 12.1. The van der Waals surface area contributed by atoms with Gasteiger partial charge in [0.05, 0.1) is 11.7 Å². The fraction of sp³-hybridized carbons (Fsp3) is 0.526. The zero-order chi connectivity index (χ0) is 17.8. The fourth-order valence-corrected chi connectivity index (χ4v) is 3.66. The minimum atomic E-state index is -0.0586. The lowest BCUT2D eigenvalue weighted by atomic mass is 9.90. The Hall–Kier alpha value is -2.37. The third-order valence-electron chi connectivity index (χ3n) is 5.10. The van der Waals surface area contributed by atoms with Gasteiger partial charge in [0.15, 0.2) is 0 Å². The highest BCUT2D eigenvalue weighted by Crippen LogP contribution is 2.28. The largest absolute Gasteiger partial charge is 0.361 e. The van der Waals surface area contributed by atoms with Crippen LogP contribution in [0.15, 0.2) is 29.0 Å². The van der Waals surface area contributed by atoms with Crippen molar-refractivity contribution in [3.05, 3.63) is 47.1 Å². The molecule has 0 bridgehead atoms. The standard InChI is InChI=1S/C19H26N4O2/c1-4-17(18-13(2)22-25-14(18)3)21-19(24)23-11-7-16(8-12-23)15-5-9-20-10-6-15/h5-6,9-10,16-17H,4,7-8,11-12H2,1-3H3,(H,21,24). The number of aryl methyl sites for hydroxylation is 2. The molecule has 25 heavy (non-hydrogen) atoms. The number of likely N-dealkylation sites (tertiary alicyclic amines) is 1. The van der Waals surface area contributed by atoms with Crippen LogP contribution in [0.1, 0.15) is 60.7 Å². The Morgan fingerprint density at radius 2 is 2.00 bits per heavy atom. The first-order valence-electron chi connectivity index (χ1n) is 8.98. The Kier molecular flexibility index (Phi) is 5.36. The molecule has 1 unspecified atom stereocenters. The van der Waals surface area contributed by atoms with Crippen molar-refractivity contribution in [1.82, 2.24) is 20.4 Å². The van der Waals surface area contributed by atoms with Crippen molar-refractivity contribution >= 4 is 6.03 Å². The first kappa shape index (κ1) is 17.5. The van der Waals surface area contributed by atoms with Crippen molar-refractivity contribution in [3.8, 4) is 0 Å². The van der Waals surface area contributed by atoms with Crippen molar-refractivity contribution in [3.63, 3.8) is 0 Å². The van der Waals surface area contributed by atoms with Crippen molar-refractivity contribution < 1.29 is 9.32 Å². The van der Waals surface area contributed by atoms with Gasteiger partial charge in [0.25, 0.3) is 0 Å². The number of hydrogen-bond acceptors (Lipinski definition) is 4. The van der Waals surface area contributed by atoms with Gasteiger partial charge in [0.1, 0.15) is 5.76 Å². The van der Waals surface area contributed by atoms with Crippen LogP contribution < -0.4 is 5.32 Å². The maximum Gasteiger partial charge on any atom is 0.317 e. The summed E-state index contributed by atoms with van der Waals surface area (Å²) in [6.45, 7) is 7.42. The van der Waals surface area contributed by atoms with Gasteiger partial charge >= 0.3 is 6.03 Å². The summed E-state index contributed by atoms with van der Waals surface area (Å²) >= 11 is 0. The van der Waals surface area contributed by atoms with Crippen LogP contribution in [0.2, 0.25) is 0 Å². The second-order valence-corrected chi connectivity index (χ2v) is 6.69. The van der Waals surface area contributed by atoms with Gasteiger partial charge in [-0.1, -0.05) is 12.1 Å². The fourth-order valence-electron chi connectivity index (χ4n) is 3.66. The summed E-state index contributed by atoms with van der Waals surface area (Å²) in [6, 6.07) is 4.09. The van der Waals surface area contributed by atoms with Crippen LogP contribution in [0.3, 0.4) is 0 Å². The zero-order valence-electron chi connectivity index (χ0n) is 15.2. The lowest BCUT2D eigenvalue weighted by Gasteiger charge is -2.33. The summed E-state index contributed by atoms with van der Waals surface area (Å²) in [4.78, 5) is 18.7. The monoisotopic (exact) mass is 342 g/mol. The molecule has 1 aliphatic rings. The SMILES string of the molecule is CCC(NC(=O)N1CCC(c2ccncc2)CC1)c1c(C)noc1C. The molecule has 2 amide bonds. The highest BCUT2D eigenvalue weighted by molar-refractivity contribution is 5.75. The van der Waals surface area contributed by atoms with Crippen LogP contribution in [0.5, 0.6) is 0 Å². The maximum atomic E-state index is 12.7. The summed E-state index contributed by atoms with van der Waals surface area (Å²) in [5, 5.41) is 7.16. The smallest absolute Gasteiger partial charge is 0.317 e. The van der Waals surface area contributed by atoms with Crippen molar-refractivity contribution in [2.75, 3.05) is 13.1 Å². The molecule has 134 valence electrons. The van der Waals surface area contributed by atoms with Gasteiger partial charge in [-0.25, -0.2) is 4.79 Å². The van der Waals surface area contributed by atoms with Crippen LogP contribution in [-0.2, 0) is 0 Å². The number of hydrogen-bond donors (Lipinski definition) is 1. The number of piperidine rings is 1. The summed E-state index contributed by atoms with van der Waals surface area (Å²) < 4.78 is 5.25. The molecule has 1 saturated heterocycles. The topological polar surface area (TPSA) is 71.3 Å². The van der Waals surface area contributed by atoms with Gasteiger partial charge in [-0.15, -0.1) is 0 Å². The molecule has 2 aromatic heterocycles. The molecule has 0 saturated carbocycles. The zero-order valence-corrected chi connectivity index (χ0v) is 15.2. The number of nitrogens with zero attached hydrogens (tertiary/aromatic N) is 3. The Balaban J connectivity index is 1.59. The molecule has 3 rings (SSSR count). The Morgan fingerprint density at radius 3 is 2.56 bits per heavy atom. The van der Waals surface area contributed by atoms with E-state index in [1.165, 1.54) is 5.56 Å². The molecule has 6 nitrogen and oxygen atoms in total. The Bertz CT molecular complexity index is 686. The normalized spacial score (nSPS) is 16.7. The number of urea groups is 1. The van der Waals surface area contributed by atoms with E-state index in [0.29, 0.717) is 5.92 Å². The van der Waals surface area contributed by atoms with E-state index in [9.17, 15) is 4.79 Å². The molecule has 2 aromatic rings. The van der Waals surface area contributed by atoms with Crippen LogP contribution in [0.4, 0.5) is 4.79 Å².